The van der Waals surface area contributed by atoms with Crippen LogP contribution in [-0.4, -0.2) is 32.0 Å². The molecule has 1 heterocycles. The zero-order valence-corrected chi connectivity index (χ0v) is 17.9. The van der Waals surface area contributed by atoms with E-state index in [9.17, 15) is 4.79 Å². The summed E-state index contributed by atoms with van der Waals surface area (Å²) in [6.45, 7) is 0. The highest BCUT2D eigenvalue weighted by molar-refractivity contribution is 6.15. The first kappa shape index (κ1) is 20.4. The van der Waals surface area contributed by atoms with Gasteiger partial charge in [0.1, 0.15) is 5.75 Å². The van der Waals surface area contributed by atoms with Crippen molar-refractivity contribution in [1.82, 2.24) is 4.98 Å². The second kappa shape index (κ2) is 8.84. The molecule has 31 heavy (non-hydrogen) atoms. The van der Waals surface area contributed by atoms with Crippen LogP contribution in [-0.2, 0) is 0 Å². The minimum atomic E-state index is -0.0745. The zero-order valence-electron chi connectivity index (χ0n) is 17.9. The van der Waals surface area contributed by atoms with E-state index in [0.717, 1.165) is 33.4 Å². The SMILES string of the molecule is COc1ccc2nc(-c3ccccc3)cc(C(=O)C=Cc3ccc(N(C)C)cc3)c2c1. The summed E-state index contributed by atoms with van der Waals surface area (Å²) in [6, 6.07) is 25.4. The van der Waals surface area contributed by atoms with Gasteiger partial charge in [0.25, 0.3) is 0 Å². The number of fused-ring (bicyclic) bond motifs is 1. The minimum absolute atomic E-state index is 0.0745. The number of aromatic nitrogens is 1. The van der Waals surface area contributed by atoms with Gasteiger partial charge in [-0.2, -0.15) is 0 Å². The van der Waals surface area contributed by atoms with E-state index in [0.29, 0.717) is 11.3 Å². The number of ether oxygens (including phenoxy) is 1. The molecular weight excluding hydrogens is 384 g/mol. The Morgan fingerprint density at radius 2 is 1.68 bits per heavy atom. The predicted octanol–water partition coefficient (Wildman–Crippen LogP) is 5.87. The molecule has 0 amide bonds. The zero-order chi connectivity index (χ0) is 21.8. The van der Waals surface area contributed by atoms with Gasteiger partial charge in [-0.1, -0.05) is 48.5 Å². The van der Waals surface area contributed by atoms with Crippen LogP contribution in [0.15, 0.2) is 84.9 Å². The Bertz CT molecular complexity index is 1240. The van der Waals surface area contributed by atoms with Crippen LogP contribution in [0.1, 0.15) is 15.9 Å². The Hall–Kier alpha value is -3.92. The molecule has 0 saturated heterocycles. The highest BCUT2D eigenvalue weighted by atomic mass is 16.5. The number of nitrogens with zero attached hydrogens (tertiary/aromatic N) is 2. The third-order valence-electron chi connectivity index (χ3n) is 5.19. The molecule has 0 saturated carbocycles. The number of anilines is 1. The Morgan fingerprint density at radius 1 is 0.935 bits per heavy atom. The van der Waals surface area contributed by atoms with Crippen LogP contribution in [0.4, 0.5) is 5.69 Å². The Morgan fingerprint density at radius 3 is 2.35 bits per heavy atom. The van der Waals surface area contributed by atoms with Crippen molar-refractivity contribution in [3.05, 3.63) is 96.1 Å². The van der Waals surface area contributed by atoms with Crippen molar-refractivity contribution in [2.75, 3.05) is 26.1 Å². The topological polar surface area (TPSA) is 42.4 Å². The van der Waals surface area contributed by atoms with Crippen LogP contribution in [0.25, 0.3) is 28.2 Å². The van der Waals surface area contributed by atoms with Gasteiger partial charge in [0.2, 0.25) is 0 Å². The Labute approximate surface area is 182 Å². The molecule has 1 aromatic heterocycles. The van der Waals surface area contributed by atoms with E-state index >= 15 is 0 Å². The number of ketones is 1. The van der Waals surface area contributed by atoms with Crippen LogP contribution in [0, 0.1) is 0 Å². The number of hydrogen-bond acceptors (Lipinski definition) is 4. The molecule has 0 radical (unpaired) electrons. The number of allylic oxidation sites excluding steroid dienone is 1. The molecule has 0 spiro atoms. The molecule has 4 aromatic rings. The number of pyridine rings is 1. The molecule has 4 nitrogen and oxygen atoms in total. The lowest BCUT2D eigenvalue weighted by Gasteiger charge is -2.11. The molecule has 0 aliphatic carbocycles. The van der Waals surface area contributed by atoms with Gasteiger partial charge < -0.3 is 9.64 Å². The summed E-state index contributed by atoms with van der Waals surface area (Å²) in [4.78, 5) is 20.0. The van der Waals surface area contributed by atoms with E-state index in [1.54, 1.807) is 13.2 Å². The van der Waals surface area contributed by atoms with Gasteiger partial charge >= 0.3 is 0 Å². The molecule has 4 heteroatoms. The molecule has 4 rings (SSSR count). The molecule has 3 aromatic carbocycles. The van der Waals surface area contributed by atoms with Crippen molar-refractivity contribution >= 4 is 28.4 Å². The lowest BCUT2D eigenvalue weighted by atomic mass is 10.00. The van der Waals surface area contributed by atoms with E-state index in [-0.39, 0.29) is 5.78 Å². The first-order valence-electron chi connectivity index (χ1n) is 10.1. The summed E-state index contributed by atoms with van der Waals surface area (Å²) < 4.78 is 5.37. The summed E-state index contributed by atoms with van der Waals surface area (Å²) in [7, 11) is 5.62. The van der Waals surface area contributed by atoms with E-state index in [2.05, 4.69) is 0 Å². The van der Waals surface area contributed by atoms with Crippen LogP contribution in [0.2, 0.25) is 0 Å². The third-order valence-corrected chi connectivity index (χ3v) is 5.19. The number of carbonyl (C=O) groups is 1. The average Bonchev–Trinajstić information content (AvgIpc) is 2.82. The van der Waals surface area contributed by atoms with E-state index < -0.39 is 0 Å². The normalized spacial score (nSPS) is 11.1. The highest BCUT2D eigenvalue weighted by Gasteiger charge is 2.13. The molecule has 0 aliphatic heterocycles. The Kier molecular flexibility index (Phi) is 5.80. The fraction of sp³-hybridized carbons (Fsp3) is 0.111. The monoisotopic (exact) mass is 408 g/mol. The van der Waals surface area contributed by atoms with E-state index in [1.165, 1.54) is 0 Å². The maximum Gasteiger partial charge on any atom is 0.186 e. The summed E-state index contributed by atoms with van der Waals surface area (Å²) in [6.07, 6.45) is 3.46. The first-order valence-corrected chi connectivity index (χ1v) is 10.1. The van der Waals surface area contributed by atoms with Gasteiger partial charge in [-0.3, -0.25) is 4.79 Å². The van der Waals surface area contributed by atoms with Gasteiger partial charge in [-0.25, -0.2) is 4.98 Å². The minimum Gasteiger partial charge on any atom is -0.497 e. The van der Waals surface area contributed by atoms with Crippen molar-refractivity contribution in [2.24, 2.45) is 0 Å². The molecule has 0 N–H and O–H groups in total. The second-order valence-corrected chi connectivity index (χ2v) is 7.49. The third kappa shape index (κ3) is 4.48. The summed E-state index contributed by atoms with van der Waals surface area (Å²) in [5.41, 5.74) is 5.18. The van der Waals surface area contributed by atoms with Crippen molar-refractivity contribution in [3.63, 3.8) is 0 Å². The number of methoxy groups -OCH3 is 1. The van der Waals surface area contributed by atoms with Crippen LogP contribution >= 0.6 is 0 Å². The molecule has 0 atom stereocenters. The maximum atomic E-state index is 13.2. The molecule has 0 aliphatic rings. The summed E-state index contributed by atoms with van der Waals surface area (Å²) >= 11 is 0. The smallest absolute Gasteiger partial charge is 0.186 e. The number of hydrogen-bond donors (Lipinski definition) is 0. The van der Waals surface area contributed by atoms with Crippen molar-refractivity contribution in [2.45, 2.75) is 0 Å². The number of rotatable bonds is 6. The van der Waals surface area contributed by atoms with E-state index in [4.69, 9.17) is 9.72 Å². The second-order valence-electron chi connectivity index (χ2n) is 7.49. The van der Waals surface area contributed by atoms with E-state index in [1.807, 2.05) is 104 Å². The maximum absolute atomic E-state index is 13.2. The van der Waals surface area contributed by atoms with Crippen LogP contribution < -0.4 is 9.64 Å². The van der Waals surface area contributed by atoms with Gasteiger partial charge in [-0.05, 0) is 48.0 Å². The van der Waals surface area contributed by atoms with Gasteiger partial charge in [-0.15, -0.1) is 0 Å². The van der Waals surface area contributed by atoms with Gasteiger partial charge in [0, 0.05) is 36.3 Å². The fourth-order valence-corrected chi connectivity index (χ4v) is 3.44. The lowest BCUT2D eigenvalue weighted by molar-refractivity contribution is 0.104. The summed E-state index contributed by atoms with van der Waals surface area (Å²) in [5, 5.41) is 0.775. The largest absolute Gasteiger partial charge is 0.497 e. The standard InChI is InChI=1S/C27H24N2O2/c1-29(2)21-12-9-19(10-13-21)11-16-27(30)24-18-26(20-7-5-4-6-8-20)28-25-15-14-22(31-3)17-23(24)25/h4-18H,1-3H3. The van der Waals surface area contributed by atoms with Crippen LogP contribution in [0.3, 0.4) is 0 Å². The molecule has 0 unspecified atom stereocenters. The van der Waals surface area contributed by atoms with Crippen molar-refractivity contribution in [3.8, 4) is 17.0 Å². The first-order chi connectivity index (χ1) is 15.0. The molecule has 154 valence electrons. The van der Waals surface area contributed by atoms with Crippen molar-refractivity contribution < 1.29 is 9.53 Å². The number of benzene rings is 3. The fourth-order valence-electron chi connectivity index (χ4n) is 3.44. The van der Waals surface area contributed by atoms with Gasteiger partial charge in [0.05, 0.1) is 18.3 Å². The molecular formula is C27H24N2O2. The lowest BCUT2D eigenvalue weighted by Crippen LogP contribution is -2.07. The quantitative estimate of drug-likeness (QED) is 0.295. The van der Waals surface area contributed by atoms with Crippen molar-refractivity contribution in [1.29, 1.82) is 0 Å². The Balaban J connectivity index is 1.75. The predicted molar refractivity (Wildman–Crippen MR) is 128 cm³/mol. The average molecular weight is 409 g/mol. The van der Waals surface area contributed by atoms with Gasteiger partial charge in [0.15, 0.2) is 5.78 Å². The van der Waals surface area contributed by atoms with Crippen LogP contribution in [0.5, 0.6) is 5.75 Å². The number of carbonyl (C=O) groups excluding carboxylic acids is 1. The molecule has 0 fully saturated rings. The summed E-state index contributed by atoms with van der Waals surface area (Å²) in [5.74, 6) is 0.619. The highest BCUT2D eigenvalue weighted by Crippen LogP contribution is 2.28. The molecule has 0 bridgehead atoms.